The zero-order valence-electron chi connectivity index (χ0n) is 9.75. The number of hydrogen-bond acceptors (Lipinski definition) is 4. The number of aromatic nitrogens is 3. The van der Waals surface area contributed by atoms with Crippen molar-refractivity contribution >= 4 is 31.8 Å². The summed E-state index contributed by atoms with van der Waals surface area (Å²) in [6.45, 7) is 1.69. The van der Waals surface area contributed by atoms with E-state index in [-0.39, 0.29) is 10.7 Å². The summed E-state index contributed by atoms with van der Waals surface area (Å²) in [7, 11) is -1.96. The standard InChI is InChI=1S/C10H11BrN4O2S/c1-7-9(6-13-15(7)2)18(16,17)14-10-4-3-8(11)5-12-10/h3-6H,1-2H3,(H,12,14). The van der Waals surface area contributed by atoms with E-state index in [2.05, 4.69) is 30.7 Å². The van der Waals surface area contributed by atoms with Gasteiger partial charge >= 0.3 is 0 Å². The number of halogens is 1. The molecule has 0 aliphatic heterocycles. The molecule has 0 amide bonds. The first kappa shape index (κ1) is 13.0. The maximum absolute atomic E-state index is 12.1. The van der Waals surface area contributed by atoms with Crippen LogP contribution in [0.15, 0.2) is 33.9 Å². The highest BCUT2D eigenvalue weighted by atomic mass is 79.9. The first-order chi connectivity index (χ1) is 8.40. The van der Waals surface area contributed by atoms with Gasteiger partial charge in [0.2, 0.25) is 0 Å². The van der Waals surface area contributed by atoms with Gasteiger partial charge in [-0.25, -0.2) is 13.4 Å². The third-order valence-electron chi connectivity index (χ3n) is 2.45. The zero-order chi connectivity index (χ0) is 13.3. The van der Waals surface area contributed by atoms with Gasteiger partial charge in [-0.3, -0.25) is 9.40 Å². The second-order valence-electron chi connectivity index (χ2n) is 3.68. The fourth-order valence-corrected chi connectivity index (χ4v) is 2.82. The molecule has 1 N–H and O–H groups in total. The fourth-order valence-electron chi connectivity index (χ4n) is 1.37. The molecule has 0 aliphatic carbocycles. The van der Waals surface area contributed by atoms with Crippen molar-refractivity contribution in [3.8, 4) is 0 Å². The van der Waals surface area contributed by atoms with Gasteiger partial charge in [0.1, 0.15) is 10.7 Å². The van der Waals surface area contributed by atoms with Crippen LogP contribution >= 0.6 is 15.9 Å². The van der Waals surface area contributed by atoms with Crippen LogP contribution in [0, 0.1) is 6.92 Å². The molecule has 2 aromatic rings. The Labute approximate surface area is 113 Å². The topological polar surface area (TPSA) is 76.9 Å². The summed E-state index contributed by atoms with van der Waals surface area (Å²) < 4.78 is 28.9. The molecule has 0 aromatic carbocycles. The third-order valence-corrected chi connectivity index (χ3v) is 4.37. The van der Waals surface area contributed by atoms with Crippen molar-refractivity contribution in [3.63, 3.8) is 0 Å². The Bertz CT molecular complexity index is 664. The predicted octanol–water partition coefficient (Wildman–Crippen LogP) is 1.69. The number of anilines is 1. The number of nitrogens with one attached hydrogen (secondary N) is 1. The van der Waals surface area contributed by atoms with E-state index in [0.29, 0.717) is 5.69 Å². The number of nitrogens with zero attached hydrogens (tertiary/aromatic N) is 3. The van der Waals surface area contributed by atoms with Crippen molar-refractivity contribution < 1.29 is 8.42 Å². The maximum Gasteiger partial charge on any atom is 0.266 e. The van der Waals surface area contributed by atoms with Gasteiger partial charge in [-0.15, -0.1) is 0 Å². The smallest absolute Gasteiger partial charge is 0.266 e. The molecule has 0 fully saturated rings. The minimum absolute atomic E-state index is 0.148. The molecule has 96 valence electrons. The monoisotopic (exact) mass is 330 g/mol. The third kappa shape index (κ3) is 2.54. The Morgan fingerprint density at radius 3 is 2.56 bits per heavy atom. The second-order valence-corrected chi connectivity index (χ2v) is 6.25. The van der Waals surface area contributed by atoms with Gasteiger partial charge in [-0.1, -0.05) is 0 Å². The van der Waals surface area contributed by atoms with Crippen LogP contribution in [-0.2, 0) is 17.1 Å². The van der Waals surface area contributed by atoms with Crippen LogP contribution in [0.3, 0.4) is 0 Å². The SMILES string of the molecule is Cc1c(S(=O)(=O)Nc2ccc(Br)cn2)cnn1C. The van der Waals surface area contributed by atoms with Crippen LogP contribution in [0.2, 0.25) is 0 Å². The van der Waals surface area contributed by atoms with Gasteiger partial charge in [0.25, 0.3) is 10.0 Å². The lowest BCUT2D eigenvalue weighted by atomic mass is 10.5. The van der Waals surface area contributed by atoms with Gasteiger partial charge < -0.3 is 0 Å². The van der Waals surface area contributed by atoms with E-state index in [1.807, 2.05) is 0 Å². The Kier molecular flexibility index (Phi) is 3.40. The van der Waals surface area contributed by atoms with Crippen molar-refractivity contribution in [2.24, 2.45) is 7.05 Å². The van der Waals surface area contributed by atoms with Crippen LogP contribution in [0.5, 0.6) is 0 Å². The Morgan fingerprint density at radius 1 is 1.33 bits per heavy atom. The predicted molar refractivity (Wildman–Crippen MR) is 70.7 cm³/mol. The van der Waals surface area contributed by atoms with Gasteiger partial charge in [0.15, 0.2) is 0 Å². The Morgan fingerprint density at radius 2 is 2.06 bits per heavy atom. The number of hydrogen-bond donors (Lipinski definition) is 1. The molecule has 18 heavy (non-hydrogen) atoms. The molecule has 0 bridgehead atoms. The van der Waals surface area contributed by atoms with Gasteiger partial charge in [0.05, 0.1) is 11.9 Å². The highest BCUT2D eigenvalue weighted by Gasteiger charge is 2.20. The fraction of sp³-hybridized carbons (Fsp3) is 0.200. The summed E-state index contributed by atoms with van der Waals surface area (Å²) in [6.07, 6.45) is 2.84. The summed E-state index contributed by atoms with van der Waals surface area (Å²) in [6, 6.07) is 3.29. The second kappa shape index (κ2) is 4.69. The molecule has 0 spiro atoms. The van der Waals surface area contributed by atoms with Crippen LogP contribution < -0.4 is 4.72 Å². The van der Waals surface area contributed by atoms with Crippen molar-refractivity contribution in [2.45, 2.75) is 11.8 Å². The average molecular weight is 331 g/mol. The van der Waals surface area contributed by atoms with Crippen molar-refractivity contribution in [1.29, 1.82) is 0 Å². The lowest BCUT2D eigenvalue weighted by Gasteiger charge is -2.06. The van der Waals surface area contributed by atoms with Gasteiger partial charge in [0, 0.05) is 17.7 Å². The molecule has 8 heteroatoms. The molecule has 0 aliphatic rings. The summed E-state index contributed by atoms with van der Waals surface area (Å²) in [5.41, 5.74) is 0.569. The molecule has 0 saturated heterocycles. The molecule has 0 radical (unpaired) electrons. The van der Waals surface area contributed by atoms with E-state index in [1.54, 1.807) is 26.1 Å². The highest BCUT2D eigenvalue weighted by molar-refractivity contribution is 9.10. The maximum atomic E-state index is 12.1. The molecule has 2 aromatic heterocycles. The Hall–Kier alpha value is -1.41. The number of sulfonamides is 1. The quantitative estimate of drug-likeness (QED) is 0.928. The van der Waals surface area contributed by atoms with E-state index in [1.165, 1.54) is 17.1 Å². The highest BCUT2D eigenvalue weighted by Crippen LogP contribution is 2.18. The van der Waals surface area contributed by atoms with Crippen molar-refractivity contribution in [2.75, 3.05) is 4.72 Å². The molecular formula is C10H11BrN4O2S. The van der Waals surface area contributed by atoms with Gasteiger partial charge in [-0.2, -0.15) is 5.10 Å². The molecule has 2 rings (SSSR count). The van der Waals surface area contributed by atoms with Crippen molar-refractivity contribution in [1.82, 2.24) is 14.8 Å². The summed E-state index contributed by atoms with van der Waals surface area (Å²) in [5, 5.41) is 3.91. The summed E-state index contributed by atoms with van der Waals surface area (Å²) >= 11 is 3.23. The average Bonchev–Trinajstić information content (AvgIpc) is 2.63. The first-order valence-electron chi connectivity index (χ1n) is 5.03. The minimum Gasteiger partial charge on any atom is -0.272 e. The molecule has 0 unspecified atom stereocenters. The van der Waals surface area contributed by atoms with Crippen LogP contribution in [0.1, 0.15) is 5.69 Å². The lowest BCUT2D eigenvalue weighted by Crippen LogP contribution is -2.14. The molecule has 0 saturated carbocycles. The van der Waals surface area contributed by atoms with Gasteiger partial charge in [-0.05, 0) is 35.0 Å². The molecular weight excluding hydrogens is 320 g/mol. The summed E-state index contributed by atoms with van der Waals surface area (Å²) in [4.78, 5) is 4.11. The molecule has 0 atom stereocenters. The van der Waals surface area contributed by atoms with E-state index < -0.39 is 10.0 Å². The van der Waals surface area contributed by atoms with Crippen LogP contribution in [-0.4, -0.2) is 23.2 Å². The molecule has 2 heterocycles. The Balaban J connectivity index is 2.33. The van der Waals surface area contributed by atoms with Crippen LogP contribution in [0.25, 0.3) is 0 Å². The number of aryl methyl sites for hydroxylation is 1. The zero-order valence-corrected chi connectivity index (χ0v) is 12.2. The van der Waals surface area contributed by atoms with E-state index in [0.717, 1.165) is 4.47 Å². The summed E-state index contributed by atoms with van der Waals surface area (Å²) in [5.74, 6) is 0.265. The minimum atomic E-state index is -3.65. The van der Waals surface area contributed by atoms with Crippen molar-refractivity contribution in [3.05, 3.63) is 34.7 Å². The lowest BCUT2D eigenvalue weighted by molar-refractivity contribution is 0.600. The number of rotatable bonds is 3. The van der Waals surface area contributed by atoms with E-state index >= 15 is 0 Å². The number of pyridine rings is 1. The first-order valence-corrected chi connectivity index (χ1v) is 7.31. The normalized spacial score (nSPS) is 11.5. The molecule has 6 nitrogen and oxygen atoms in total. The van der Waals surface area contributed by atoms with Crippen LogP contribution in [0.4, 0.5) is 5.82 Å². The van der Waals surface area contributed by atoms with E-state index in [4.69, 9.17) is 0 Å². The largest absolute Gasteiger partial charge is 0.272 e. The van der Waals surface area contributed by atoms with E-state index in [9.17, 15) is 8.42 Å².